The molecule has 0 spiro atoms. The van der Waals surface area contributed by atoms with Crippen molar-refractivity contribution in [1.82, 2.24) is 15.0 Å². The van der Waals surface area contributed by atoms with E-state index in [4.69, 9.17) is 11.6 Å². The third-order valence-corrected chi connectivity index (χ3v) is 6.35. The number of anilines is 3. The lowest BCUT2D eigenvalue weighted by Gasteiger charge is -2.19. The van der Waals surface area contributed by atoms with Gasteiger partial charge in [-0.2, -0.15) is 0 Å². The quantitative estimate of drug-likeness (QED) is 0.215. The van der Waals surface area contributed by atoms with E-state index in [1.54, 1.807) is 18.6 Å². The standard InChI is InChI=1S/C27H34ClN5O/c1-4-21(10-7-5-6-8-15-28)26(34)31-23-13-12-19(2)25(20(23)3)33-27-30-17-14-24(32-27)22-11-9-16-29-18-22/h9,11-14,16-18,21H,4-8,10,15H2,1-3H3,(H,31,34)(H,30,32,33)/t21-/m1/s1. The van der Waals surface area contributed by atoms with Gasteiger partial charge in [-0.15, -0.1) is 11.6 Å². The van der Waals surface area contributed by atoms with Crippen molar-refractivity contribution >= 4 is 34.8 Å². The number of unbranched alkanes of at least 4 members (excludes halogenated alkanes) is 3. The van der Waals surface area contributed by atoms with Gasteiger partial charge in [-0.05, 0) is 68.5 Å². The van der Waals surface area contributed by atoms with Crippen LogP contribution in [0, 0.1) is 19.8 Å². The number of aromatic nitrogens is 3. The predicted molar refractivity (Wildman–Crippen MR) is 141 cm³/mol. The number of amides is 1. The average Bonchev–Trinajstić information content (AvgIpc) is 2.86. The number of benzene rings is 1. The molecule has 0 aliphatic rings. The molecule has 0 radical (unpaired) electrons. The summed E-state index contributed by atoms with van der Waals surface area (Å²) in [4.78, 5) is 26.2. The Kier molecular flexibility index (Phi) is 9.83. The third kappa shape index (κ3) is 7.00. The topological polar surface area (TPSA) is 79.8 Å². The maximum atomic E-state index is 13.0. The predicted octanol–water partition coefficient (Wildman–Crippen LogP) is 7.05. The smallest absolute Gasteiger partial charge is 0.227 e. The minimum Gasteiger partial charge on any atom is -0.326 e. The number of hydrogen-bond acceptors (Lipinski definition) is 5. The maximum Gasteiger partial charge on any atom is 0.227 e. The molecule has 180 valence electrons. The zero-order valence-electron chi connectivity index (χ0n) is 20.3. The van der Waals surface area contributed by atoms with E-state index in [0.29, 0.717) is 11.8 Å². The largest absolute Gasteiger partial charge is 0.326 e. The van der Waals surface area contributed by atoms with Crippen LogP contribution < -0.4 is 10.6 Å². The second-order valence-corrected chi connectivity index (χ2v) is 8.93. The van der Waals surface area contributed by atoms with Crippen molar-refractivity contribution < 1.29 is 4.79 Å². The van der Waals surface area contributed by atoms with E-state index in [1.807, 2.05) is 44.2 Å². The van der Waals surface area contributed by atoms with E-state index in [1.165, 1.54) is 0 Å². The number of pyridine rings is 1. The number of carbonyl (C=O) groups is 1. The van der Waals surface area contributed by atoms with Crippen LogP contribution in [-0.2, 0) is 4.79 Å². The molecular formula is C27H34ClN5O. The molecule has 7 heteroatoms. The summed E-state index contributed by atoms with van der Waals surface area (Å²) in [5, 5.41) is 6.51. The number of carbonyl (C=O) groups excluding carboxylic acids is 1. The van der Waals surface area contributed by atoms with Crippen LogP contribution in [0.3, 0.4) is 0 Å². The second-order valence-electron chi connectivity index (χ2n) is 8.55. The molecule has 34 heavy (non-hydrogen) atoms. The highest BCUT2D eigenvalue weighted by Gasteiger charge is 2.18. The number of alkyl halides is 1. The van der Waals surface area contributed by atoms with Gasteiger partial charge in [0.15, 0.2) is 0 Å². The van der Waals surface area contributed by atoms with E-state index in [0.717, 1.165) is 72.3 Å². The lowest BCUT2D eigenvalue weighted by molar-refractivity contribution is -0.120. The molecule has 0 bridgehead atoms. The monoisotopic (exact) mass is 479 g/mol. The van der Waals surface area contributed by atoms with E-state index < -0.39 is 0 Å². The molecule has 2 heterocycles. The highest BCUT2D eigenvalue weighted by Crippen LogP contribution is 2.30. The Bertz CT molecular complexity index is 1070. The van der Waals surface area contributed by atoms with Crippen molar-refractivity contribution in [2.24, 2.45) is 5.92 Å². The first-order valence-corrected chi connectivity index (χ1v) is 12.5. The molecular weight excluding hydrogens is 446 g/mol. The number of rotatable bonds is 12. The minimum atomic E-state index is 0.00705. The Morgan fingerprint density at radius 1 is 1.06 bits per heavy atom. The van der Waals surface area contributed by atoms with Gasteiger partial charge in [0.25, 0.3) is 0 Å². The lowest BCUT2D eigenvalue weighted by Crippen LogP contribution is -2.23. The summed E-state index contributed by atoms with van der Waals surface area (Å²) in [6.07, 6.45) is 11.3. The fourth-order valence-corrected chi connectivity index (χ4v) is 4.16. The fourth-order valence-electron chi connectivity index (χ4n) is 3.97. The van der Waals surface area contributed by atoms with Crippen molar-refractivity contribution in [3.05, 3.63) is 60.0 Å². The van der Waals surface area contributed by atoms with Gasteiger partial charge in [0, 0.05) is 47.3 Å². The second kappa shape index (κ2) is 13.0. The number of aryl methyl sites for hydroxylation is 1. The van der Waals surface area contributed by atoms with E-state index in [-0.39, 0.29) is 11.8 Å². The first-order valence-electron chi connectivity index (χ1n) is 12.0. The third-order valence-electron chi connectivity index (χ3n) is 6.08. The number of nitrogens with one attached hydrogen (secondary N) is 2. The van der Waals surface area contributed by atoms with Gasteiger partial charge in [0.05, 0.1) is 5.69 Å². The SMILES string of the molecule is CC[C@H](CCCCCCCl)C(=O)Nc1ccc(C)c(Nc2nccc(-c3cccnc3)n2)c1C. The molecule has 3 rings (SSSR count). The number of halogens is 1. The van der Waals surface area contributed by atoms with E-state index in [2.05, 4.69) is 32.5 Å². The average molecular weight is 480 g/mol. The van der Waals surface area contributed by atoms with Gasteiger partial charge in [-0.1, -0.05) is 32.3 Å². The van der Waals surface area contributed by atoms with Crippen molar-refractivity contribution in [2.45, 2.75) is 59.3 Å². The molecule has 0 fully saturated rings. The normalized spacial score (nSPS) is 11.8. The fraction of sp³-hybridized carbons (Fsp3) is 0.407. The van der Waals surface area contributed by atoms with Gasteiger partial charge < -0.3 is 10.6 Å². The van der Waals surface area contributed by atoms with Crippen LogP contribution in [0.4, 0.5) is 17.3 Å². The summed E-state index contributed by atoms with van der Waals surface area (Å²) >= 11 is 5.76. The molecule has 1 atom stereocenters. The molecule has 2 aromatic heterocycles. The zero-order chi connectivity index (χ0) is 24.3. The zero-order valence-corrected chi connectivity index (χ0v) is 21.0. The minimum absolute atomic E-state index is 0.00705. The van der Waals surface area contributed by atoms with Crippen LogP contribution in [0.15, 0.2) is 48.9 Å². The van der Waals surface area contributed by atoms with Gasteiger partial charge >= 0.3 is 0 Å². The van der Waals surface area contributed by atoms with Crippen LogP contribution in [0.25, 0.3) is 11.3 Å². The first kappa shape index (κ1) is 25.6. The Morgan fingerprint density at radius 2 is 1.88 bits per heavy atom. The van der Waals surface area contributed by atoms with Gasteiger partial charge in [-0.3, -0.25) is 9.78 Å². The molecule has 1 aromatic carbocycles. The molecule has 0 unspecified atom stereocenters. The van der Waals surface area contributed by atoms with Crippen molar-refractivity contribution in [3.8, 4) is 11.3 Å². The molecule has 0 aliphatic carbocycles. The first-order chi connectivity index (χ1) is 16.5. The van der Waals surface area contributed by atoms with Crippen LogP contribution in [0.1, 0.15) is 56.6 Å². The van der Waals surface area contributed by atoms with E-state index >= 15 is 0 Å². The highest BCUT2D eigenvalue weighted by atomic mass is 35.5. The van der Waals surface area contributed by atoms with E-state index in [9.17, 15) is 4.79 Å². The number of nitrogens with zero attached hydrogens (tertiary/aromatic N) is 3. The summed E-state index contributed by atoms with van der Waals surface area (Å²) in [5.41, 5.74) is 5.44. The molecule has 3 aromatic rings. The van der Waals surface area contributed by atoms with Gasteiger partial charge in [-0.25, -0.2) is 9.97 Å². The summed E-state index contributed by atoms with van der Waals surface area (Å²) < 4.78 is 0. The molecule has 6 nitrogen and oxygen atoms in total. The summed E-state index contributed by atoms with van der Waals surface area (Å²) in [6.45, 7) is 6.11. The van der Waals surface area contributed by atoms with Gasteiger partial charge in [0.1, 0.15) is 0 Å². The van der Waals surface area contributed by atoms with Crippen LogP contribution in [0.5, 0.6) is 0 Å². The molecule has 0 saturated carbocycles. The Balaban J connectivity index is 1.72. The van der Waals surface area contributed by atoms with Gasteiger partial charge in [0.2, 0.25) is 11.9 Å². The van der Waals surface area contributed by atoms with Crippen molar-refractivity contribution in [2.75, 3.05) is 16.5 Å². The summed E-state index contributed by atoms with van der Waals surface area (Å²) in [6, 6.07) is 9.68. The summed E-state index contributed by atoms with van der Waals surface area (Å²) in [5.74, 6) is 1.29. The Hall–Kier alpha value is -2.99. The molecule has 1 amide bonds. The van der Waals surface area contributed by atoms with Crippen molar-refractivity contribution in [1.29, 1.82) is 0 Å². The summed E-state index contributed by atoms with van der Waals surface area (Å²) in [7, 11) is 0. The molecule has 2 N–H and O–H groups in total. The van der Waals surface area contributed by atoms with Crippen LogP contribution in [-0.4, -0.2) is 26.7 Å². The number of hydrogen-bond donors (Lipinski definition) is 2. The Labute approximate surface area is 207 Å². The molecule has 0 aliphatic heterocycles. The maximum absolute atomic E-state index is 13.0. The highest BCUT2D eigenvalue weighted by molar-refractivity contribution is 6.17. The molecule has 0 saturated heterocycles. The Morgan fingerprint density at radius 3 is 2.62 bits per heavy atom. The van der Waals surface area contributed by atoms with Crippen LogP contribution in [0.2, 0.25) is 0 Å². The van der Waals surface area contributed by atoms with Crippen molar-refractivity contribution in [3.63, 3.8) is 0 Å². The lowest BCUT2D eigenvalue weighted by atomic mass is 9.97. The van der Waals surface area contributed by atoms with Crippen LogP contribution >= 0.6 is 11.6 Å².